The molecule has 0 spiro atoms. The van der Waals surface area contributed by atoms with Crippen molar-refractivity contribution in [1.29, 1.82) is 0 Å². The molecule has 2 unspecified atom stereocenters. The zero-order valence-electron chi connectivity index (χ0n) is 14.1. The minimum atomic E-state index is -0.399. The first kappa shape index (κ1) is 17.5. The molecule has 0 saturated heterocycles. The van der Waals surface area contributed by atoms with Crippen LogP contribution in [0.5, 0.6) is 0 Å². The number of hydrogen-bond donors (Lipinski definition) is 0. The van der Waals surface area contributed by atoms with Gasteiger partial charge in [-0.15, -0.1) is 0 Å². The Kier molecular flexibility index (Phi) is 6.06. The molecule has 0 aromatic rings. The molecule has 0 aromatic heterocycles. The van der Waals surface area contributed by atoms with E-state index >= 15 is 0 Å². The Labute approximate surface area is 124 Å². The summed E-state index contributed by atoms with van der Waals surface area (Å²) in [5, 5.41) is 0. The molecule has 2 atom stereocenters. The highest BCUT2D eigenvalue weighted by Gasteiger charge is 2.27. The molecule has 118 valence electrons. The highest BCUT2D eigenvalue weighted by Crippen LogP contribution is 2.30. The Balaban J connectivity index is 2.32. The monoisotopic (exact) mass is 284 g/mol. The maximum atomic E-state index is 11.8. The number of rotatable bonds is 4. The standard InChI is InChI=1S/C17H32O3/c1-16(2,3)15(18)19-11-13-8-7-9-14(10-13)12-20-17(4,5)6/h13-14H,7-12H2,1-6H3. The van der Waals surface area contributed by atoms with E-state index in [1.54, 1.807) is 0 Å². The Morgan fingerprint density at radius 3 is 2.05 bits per heavy atom. The maximum Gasteiger partial charge on any atom is 0.311 e. The van der Waals surface area contributed by atoms with E-state index in [0.29, 0.717) is 18.4 Å². The third-order valence-corrected chi connectivity index (χ3v) is 3.71. The third kappa shape index (κ3) is 6.74. The molecule has 0 N–H and O–H groups in total. The average molecular weight is 284 g/mol. The Bertz CT molecular complexity index is 309. The number of ether oxygens (including phenoxy) is 2. The molecule has 0 radical (unpaired) electrons. The van der Waals surface area contributed by atoms with Crippen molar-refractivity contribution < 1.29 is 14.3 Å². The molecule has 20 heavy (non-hydrogen) atoms. The van der Waals surface area contributed by atoms with Crippen LogP contribution >= 0.6 is 0 Å². The lowest BCUT2D eigenvalue weighted by Gasteiger charge is -2.31. The molecule has 3 heteroatoms. The molecule has 3 nitrogen and oxygen atoms in total. The van der Waals surface area contributed by atoms with Gasteiger partial charge in [0.2, 0.25) is 0 Å². The summed E-state index contributed by atoms with van der Waals surface area (Å²) in [6, 6.07) is 0. The zero-order chi connectivity index (χ0) is 15.4. The molecular formula is C17H32O3. The van der Waals surface area contributed by atoms with Gasteiger partial charge in [0.1, 0.15) is 0 Å². The van der Waals surface area contributed by atoms with Gasteiger partial charge in [-0.1, -0.05) is 6.42 Å². The highest BCUT2D eigenvalue weighted by molar-refractivity contribution is 5.75. The predicted molar refractivity (Wildman–Crippen MR) is 81.6 cm³/mol. The summed E-state index contributed by atoms with van der Waals surface area (Å²) < 4.78 is 11.3. The summed E-state index contributed by atoms with van der Waals surface area (Å²) in [6.07, 6.45) is 4.74. The van der Waals surface area contributed by atoms with Crippen LogP contribution in [-0.4, -0.2) is 24.8 Å². The van der Waals surface area contributed by atoms with Crippen molar-refractivity contribution in [3.05, 3.63) is 0 Å². The molecule has 0 heterocycles. The van der Waals surface area contributed by atoms with Gasteiger partial charge in [0, 0.05) is 0 Å². The van der Waals surface area contributed by atoms with Crippen LogP contribution in [0, 0.1) is 17.3 Å². The minimum Gasteiger partial charge on any atom is -0.465 e. The topological polar surface area (TPSA) is 35.5 Å². The molecule has 1 rings (SSSR count). The van der Waals surface area contributed by atoms with Crippen LogP contribution in [0.2, 0.25) is 0 Å². The van der Waals surface area contributed by atoms with E-state index in [9.17, 15) is 4.79 Å². The Morgan fingerprint density at radius 1 is 1.00 bits per heavy atom. The van der Waals surface area contributed by atoms with E-state index < -0.39 is 5.41 Å². The van der Waals surface area contributed by atoms with Gasteiger partial charge < -0.3 is 9.47 Å². The summed E-state index contributed by atoms with van der Waals surface area (Å²) in [6.45, 7) is 13.4. The summed E-state index contributed by atoms with van der Waals surface area (Å²) in [5.41, 5.74) is -0.463. The van der Waals surface area contributed by atoms with E-state index in [1.807, 2.05) is 20.8 Å². The van der Waals surface area contributed by atoms with Crippen LogP contribution in [0.15, 0.2) is 0 Å². The number of carbonyl (C=O) groups is 1. The van der Waals surface area contributed by atoms with Gasteiger partial charge >= 0.3 is 5.97 Å². The van der Waals surface area contributed by atoms with Crippen LogP contribution in [0.25, 0.3) is 0 Å². The van der Waals surface area contributed by atoms with E-state index in [0.717, 1.165) is 13.0 Å². The lowest BCUT2D eigenvalue weighted by Crippen LogP contribution is -2.30. The average Bonchev–Trinajstić information content (AvgIpc) is 2.32. The first-order valence-electron chi connectivity index (χ1n) is 7.89. The normalized spacial score (nSPS) is 24.5. The van der Waals surface area contributed by atoms with Crippen molar-refractivity contribution in [2.24, 2.45) is 17.3 Å². The summed E-state index contributed by atoms with van der Waals surface area (Å²) >= 11 is 0. The molecular weight excluding hydrogens is 252 g/mol. The van der Waals surface area contributed by atoms with Crippen molar-refractivity contribution in [3.8, 4) is 0 Å². The zero-order valence-corrected chi connectivity index (χ0v) is 14.1. The van der Waals surface area contributed by atoms with Crippen LogP contribution in [0.3, 0.4) is 0 Å². The fourth-order valence-electron chi connectivity index (χ4n) is 2.48. The van der Waals surface area contributed by atoms with Crippen molar-refractivity contribution in [3.63, 3.8) is 0 Å². The van der Waals surface area contributed by atoms with Crippen molar-refractivity contribution in [2.45, 2.75) is 72.8 Å². The highest BCUT2D eigenvalue weighted by atomic mass is 16.5. The number of esters is 1. The van der Waals surface area contributed by atoms with Gasteiger partial charge in [-0.3, -0.25) is 4.79 Å². The van der Waals surface area contributed by atoms with Gasteiger partial charge in [0.05, 0.1) is 24.2 Å². The number of carbonyl (C=O) groups excluding carboxylic acids is 1. The minimum absolute atomic E-state index is 0.0638. The molecule has 0 aromatic carbocycles. The lowest BCUT2D eigenvalue weighted by atomic mass is 9.82. The van der Waals surface area contributed by atoms with Crippen LogP contribution in [0.4, 0.5) is 0 Å². The largest absolute Gasteiger partial charge is 0.465 e. The van der Waals surface area contributed by atoms with Crippen molar-refractivity contribution in [1.82, 2.24) is 0 Å². The molecule has 0 amide bonds. The lowest BCUT2D eigenvalue weighted by molar-refractivity contribution is -0.155. The quantitative estimate of drug-likeness (QED) is 0.726. The Morgan fingerprint density at radius 2 is 1.55 bits per heavy atom. The van der Waals surface area contributed by atoms with E-state index in [2.05, 4.69) is 20.8 Å². The molecule has 0 bridgehead atoms. The summed E-state index contributed by atoms with van der Waals surface area (Å²) in [7, 11) is 0. The van der Waals surface area contributed by atoms with E-state index in [4.69, 9.17) is 9.47 Å². The van der Waals surface area contributed by atoms with Crippen LogP contribution < -0.4 is 0 Å². The number of hydrogen-bond acceptors (Lipinski definition) is 3. The van der Waals surface area contributed by atoms with Crippen LogP contribution in [-0.2, 0) is 14.3 Å². The van der Waals surface area contributed by atoms with Crippen molar-refractivity contribution in [2.75, 3.05) is 13.2 Å². The molecule has 1 aliphatic carbocycles. The van der Waals surface area contributed by atoms with Gasteiger partial charge in [-0.25, -0.2) is 0 Å². The van der Waals surface area contributed by atoms with Crippen LogP contribution in [0.1, 0.15) is 67.2 Å². The van der Waals surface area contributed by atoms with Gasteiger partial charge in [-0.05, 0) is 72.6 Å². The smallest absolute Gasteiger partial charge is 0.311 e. The Hall–Kier alpha value is -0.570. The molecule has 0 aliphatic heterocycles. The molecule has 1 saturated carbocycles. The fraction of sp³-hybridized carbons (Fsp3) is 0.941. The van der Waals surface area contributed by atoms with Gasteiger partial charge in [0.15, 0.2) is 0 Å². The van der Waals surface area contributed by atoms with E-state index in [1.165, 1.54) is 19.3 Å². The maximum absolute atomic E-state index is 11.8. The second-order valence-corrected chi connectivity index (χ2v) is 8.17. The first-order valence-corrected chi connectivity index (χ1v) is 7.89. The second-order valence-electron chi connectivity index (χ2n) is 8.17. The molecule has 1 aliphatic rings. The second kappa shape index (κ2) is 6.93. The SMILES string of the molecule is CC(C)(C)OCC1CCCC(COC(=O)C(C)(C)C)C1. The van der Waals surface area contributed by atoms with Gasteiger partial charge in [0.25, 0.3) is 0 Å². The third-order valence-electron chi connectivity index (χ3n) is 3.71. The van der Waals surface area contributed by atoms with E-state index in [-0.39, 0.29) is 11.6 Å². The molecule has 1 fully saturated rings. The summed E-state index contributed by atoms with van der Waals surface area (Å²) in [5.74, 6) is 1.02. The first-order chi connectivity index (χ1) is 9.08. The van der Waals surface area contributed by atoms with Crippen molar-refractivity contribution >= 4 is 5.97 Å². The summed E-state index contributed by atoms with van der Waals surface area (Å²) in [4.78, 5) is 11.8. The predicted octanol–water partition coefficient (Wildman–Crippen LogP) is 4.20. The fourth-order valence-corrected chi connectivity index (χ4v) is 2.48. The van der Waals surface area contributed by atoms with Gasteiger partial charge in [-0.2, -0.15) is 0 Å².